The first-order chi connectivity index (χ1) is 14.2. The lowest BCUT2D eigenvalue weighted by Gasteiger charge is -2.28. The summed E-state index contributed by atoms with van der Waals surface area (Å²) in [7, 11) is 1.66. The van der Waals surface area contributed by atoms with E-state index in [1.807, 2.05) is 24.3 Å². The Balaban J connectivity index is 1.44. The molecule has 0 aliphatic carbocycles. The number of likely N-dealkylation sites (tertiary alicyclic amines) is 1. The summed E-state index contributed by atoms with van der Waals surface area (Å²) in [6, 6.07) is 15.5. The molecule has 0 radical (unpaired) electrons. The van der Waals surface area contributed by atoms with Crippen molar-refractivity contribution >= 4 is 5.91 Å². The molecule has 4 rings (SSSR count). The molecular weight excluding hydrogens is 368 g/mol. The molecule has 29 heavy (non-hydrogen) atoms. The molecule has 8 heteroatoms. The number of ether oxygens (including phenoxy) is 1. The van der Waals surface area contributed by atoms with E-state index in [1.54, 1.807) is 23.9 Å². The molecule has 1 atom stereocenters. The first-order valence-electron chi connectivity index (χ1n) is 9.74. The molecule has 1 unspecified atom stereocenters. The van der Waals surface area contributed by atoms with Crippen LogP contribution in [-0.4, -0.2) is 57.8 Å². The predicted molar refractivity (Wildman–Crippen MR) is 108 cm³/mol. The Bertz CT molecular complexity index is 919. The van der Waals surface area contributed by atoms with Gasteiger partial charge in [0.25, 0.3) is 5.91 Å². The topological polar surface area (TPSA) is 85.2 Å². The number of carbonyl (C=O) groups excluding carboxylic acids is 1. The van der Waals surface area contributed by atoms with Crippen LogP contribution < -0.4 is 10.1 Å². The van der Waals surface area contributed by atoms with Gasteiger partial charge < -0.3 is 10.1 Å². The molecule has 1 N–H and O–H groups in total. The first kappa shape index (κ1) is 19.1. The molecule has 1 aliphatic heterocycles. The minimum Gasteiger partial charge on any atom is -0.497 e. The van der Waals surface area contributed by atoms with Gasteiger partial charge in [-0.05, 0) is 78.3 Å². The lowest BCUT2D eigenvalue weighted by Crippen LogP contribution is -2.36. The number of hydrogen-bond acceptors (Lipinski definition) is 6. The van der Waals surface area contributed by atoms with Crippen LogP contribution in [0.4, 0.5) is 0 Å². The van der Waals surface area contributed by atoms with Gasteiger partial charge >= 0.3 is 0 Å². The summed E-state index contributed by atoms with van der Waals surface area (Å²) >= 11 is 0. The van der Waals surface area contributed by atoms with E-state index in [4.69, 9.17) is 4.74 Å². The molecule has 1 amide bonds. The van der Waals surface area contributed by atoms with E-state index in [0.29, 0.717) is 12.1 Å². The highest BCUT2D eigenvalue weighted by molar-refractivity contribution is 5.94. The van der Waals surface area contributed by atoms with Gasteiger partial charge in [-0.3, -0.25) is 9.69 Å². The second kappa shape index (κ2) is 8.83. The highest BCUT2D eigenvalue weighted by Gasteiger charge is 2.24. The number of amides is 1. The maximum absolute atomic E-state index is 12.7. The molecule has 1 fully saturated rings. The van der Waals surface area contributed by atoms with Gasteiger partial charge in [0.15, 0.2) is 0 Å². The predicted octanol–water partition coefficient (Wildman–Crippen LogP) is 2.24. The highest BCUT2D eigenvalue weighted by atomic mass is 16.5. The van der Waals surface area contributed by atoms with Crippen molar-refractivity contribution in [2.24, 2.45) is 0 Å². The summed E-state index contributed by atoms with van der Waals surface area (Å²) in [5.74, 6) is 0.742. The van der Waals surface area contributed by atoms with Crippen LogP contribution in [0.2, 0.25) is 0 Å². The molecule has 2 heterocycles. The molecule has 2 aromatic carbocycles. The SMILES string of the molecule is COc1ccc(C(CNC(=O)c2ccc(-n3cnnn3)cc2)N2CCCC2)cc1. The third-order valence-electron chi connectivity index (χ3n) is 5.28. The van der Waals surface area contributed by atoms with E-state index >= 15 is 0 Å². The van der Waals surface area contributed by atoms with Gasteiger partial charge in [-0.2, -0.15) is 0 Å². The van der Waals surface area contributed by atoms with Crippen molar-refractivity contribution in [2.45, 2.75) is 18.9 Å². The van der Waals surface area contributed by atoms with Gasteiger partial charge in [0.05, 0.1) is 18.8 Å². The standard InChI is InChI=1S/C21H24N6O2/c1-29-19-10-6-16(7-11-19)20(26-12-2-3-13-26)14-22-21(28)17-4-8-18(9-5-17)27-15-23-24-25-27/h4-11,15,20H,2-3,12-14H2,1H3,(H,22,28). The molecule has 0 bridgehead atoms. The van der Waals surface area contributed by atoms with Crippen LogP contribution in [0.15, 0.2) is 54.9 Å². The Labute approximate surface area is 169 Å². The fourth-order valence-corrected chi connectivity index (χ4v) is 3.67. The Morgan fingerprint density at radius 2 is 1.83 bits per heavy atom. The zero-order valence-electron chi connectivity index (χ0n) is 16.4. The quantitative estimate of drug-likeness (QED) is 0.664. The van der Waals surface area contributed by atoms with Crippen molar-refractivity contribution in [2.75, 3.05) is 26.7 Å². The Kier molecular flexibility index (Phi) is 5.81. The smallest absolute Gasteiger partial charge is 0.251 e. The average Bonchev–Trinajstić information content (AvgIpc) is 3.49. The zero-order valence-corrected chi connectivity index (χ0v) is 16.4. The number of nitrogens with zero attached hydrogens (tertiary/aromatic N) is 5. The normalized spacial score (nSPS) is 15.2. The second-order valence-electron chi connectivity index (χ2n) is 7.04. The van der Waals surface area contributed by atoms with Crippen LogP contribution in [0.5, 0.6) is 5.75 Å². The van der Waals surface area contributed by atoms with Crippen LogP contribution in [0.3, 0.4) is 0 Å². The minimum atomic E-state index is -0.0917. The largest absolute Gasteiger partial charge is 0.497 e. The summed E-state index contributed by atoms with van der Waals surface area (Å²) in [5.41, 5.74) is 2.60. The van der Waals surface area contributed by atoms with E-state index < -0.39 is 0 Å². The van der Waals surface area contributed by atoms with Crippen LogP contribution in [0.1, 0.15) is 34.8 Å². The van der Waals surface area contributed by atoms with E-state index in [2.05, 4.69) is 37.9 Å². The summed E-state index contributed by atoms with van der Waals surface area (Å²) in [6.07, 6.45) is 3.91. The van der Waals surface area contributed by atoms with E-state index in [1.165, 1.54) is 24.7 Å². The maximum Gasteiger partial charge on any atom is 0.251 e. The monoisotopic (exact) mass is 392 g/mol. The number of nitrogens with one attached hydrogen (secondary N) is 1. The molecule has 0 spiro atoms. The highest BCUT2D eigenvalue weighted by Crippen LogP contribution is 2.26. The van der Waals surface area contributed by atoms with E-state index in [0.717, 1.165) is 24.5 Å². The van der Waals surface area contributed by atoms with Crippen molar-refractivity contribution in [3.05, 3.63) is 66.0 Å². The summed E-state index contributed by atoms with van der Waals surface area (Å²) in [6.45, 7) is 2.65. The third kappa shape index (κ3) is 4.43. The van der Waals surface area contributed by atoms with Crippen LogP contribution in [-0.2, 0) is 0 Å². The number of carbonyl (C=O) groups is 1. The molecule has 1 saturated heterocycles. The Morgan fingerprint density at radius 3 is 2.45 bits per heavy atom. The van der Waals surface area contributed by atoms with Gasteiger partial charge in [-0.25, -0.2) is 4.68 Å². The van der Waals surface area contributed by atoms with Gasteiger partial charge in [0, 0.05) is 12.1 Å². The molecule has 3 aromatic rings. The molecular formula is C21H24N6O2. The fourth-order valence-electron chi connectivity index (χ4n) is 3.67. The lowest BCUT2D eigenvalue weighted by molar-refractivity contribution is 0.0938. The van der Waals surface area contributed by atoms with Crippen molar-refractivity contribution in [1.82, 2.24) is 30.4 Å². The van der Waals surface area contributed by atoms with Gasteiger partial charge in [0.1, 0.15) is 12.1 Å². The van der Waals surface area contributed by atoms with E-state index in [9.17, 15) is 4.79 Å². The number of methoxy groups -OCH3 is 1. The molecule has 1 aliphatic rings. The van der Waals surface area contributed by atoms with Crippen molar-refractivity contribution in [3.63, 3.8) is 0 Å². The Morgan fingerprint density at radius 1 is 1.10 bits per heavy atom. The second-order valence-corrected chi connectivity index (χ2v) is 7.04. The number of benzene rings is 2. The molecule has 0 saturated carbocycles. The van der Waals surface area contributed by atoms with E-state index in [-0.39, 0.29) is 11.9 Å². The minimum absolute atomic E-state index is 0.0917. The third-order valence-corrected chi connectivity index (χ3v) is 5.28. The Hall–Kier alpha value is -3.26. The van der Waals surface area contributed by atoms with Crippen molar-refractivity contribution in [3.8, 4) is 11.4 Å². The average molecular weight is 392 g/mol. The van der Waals surface area contributed by atoms with Gasteiger partial charge in [0.2, 0.25) is 0 Å². The first-order valence-corrected chi connectivity index (χ1v) is 9.74. The zero-order chi connectivity index (χ0) is 20.1. The molecule has 1 aromatic heterocycles. The van der Waals surface area contributed by atoms with Crippen LogP contribution in [0, 0.1) is 0 Å². The molecule has 8 nitrogen and oxygen atoms in total. The number of rotatable bonds is 7. The fraction of sp³-hybridized carbons (Fsp3) is 0.333. The van der Waals surface area contributed by atoms with Crippen molar-refractivity contribution < 1.29 is 9.53 Å². The summed E-state index contributed by atoms with van der Waals surface area (Å²) in [4.78, 5) is 15.1. The van der Waals surface area contributed by atoms with Crippen molar-refractivity contribution in [1.29, 1.82) is 0 Å². The van der Waals surface area contributed by atoms with Crippen LogP contribution >= 0.6 is 0 Å². The summed E-state index contributed by atoms with van der Waals surface area (Å²) < 4.78 is 6.82. The van der Waals surface area contributed by atoms with Gasteiger partial charge in [-0.1, -0.05) is 12.1 Å². The molecule has 150 valence electrons. The van der Waals surface area contributed by atoms with Crippen LogP contribution in [0.25, 0.3) is 5.69 Å². The summed E-state index contributed by atoms with van der Waals surface area (Å²) in [5, 5.41) is 14.2. The number of hydrogen-bond donors (Lipinski definition) is 1. The van der Waals surface area contributed by atoms with Gasteiger partial charge in [-0.15, -0.1) is 5.10 Å². The number of tetrazole rings is 1. The maximum atomic E-state index is 12.7. The lowest BCUT2D eigenvalue weighted by atomic mass is 10.0. The number of aromatic nitrogens is 4.